The zero-order valence-corrected chi connectivity index (χ0v) is 12.7. The van der Waals surface area contributed by atoms with E-state index in [1.807, 2.05) is 0 Å². The summed E-state index contributed by atoms with van der Waals surface area (Å²) in [6.45, 7) is 8.88. The quantitative estimate of drug-likeness (QED) is 0.865. The van der Waals surface area contributed by atoms with E-state index in [9.17, 15) is 9.50 Å². The molecule has 20 heavy (non-hydrogen) atoms. The van der Waals surface area contributed by atoms with E-state index in [1.165, 1.54) is 6.07 Å². The molecule has 0 aliphatic carbocycles. The lowest BCUT2D eigenvalue weighted by molar-refractivity contribution is 0.199. The van der Waals surface area contributed by atoms with Crippen LogP contribution < -0.4 is 4.90 Å². The van der Waals surface area contributed by atoms with E-state index < -0.39 is 6.10 Å². The van der Waals surface area contributed by atoms with Gasteiger partial charge in [-0.05, 0) is 37.5 Å². The predicted molar refractivity (Wildman–Crippen MR) is 79.1 cm³/mol. The average molecular weight is 278 g/mol. The lowest BCUT2D eigenvalue weighted by Gasteiger charge is -2.29. The van der Waals surface area contributed by atoms with Crippen LogP contribution in [0.4, 0.5) is 10.1 Å². The Morgan fingerprint density at radius 2 is 2.00 bits per heavy atom. The topological polar surface area (TPSA) is 47.3 Å². The molecule has 0 saturated carbocycles. The third-order valence-electron chi connectivity index (χ3n) is 3.18. The molecule has 0 aliphatic heterocycles. The van der Waals surface area contributed by atoms with Crippen molar-refractivity contribution in [3.8, 4) is 6.07 Å². The van der Waals surface area contributed by atoms with E-state index in [1.54, 1.807) is 19.9 Å². The monoisotopic (exact) mass is 278 g/mol. The summed E-state index contributed by atoms with van der Waals surface area (Å²) in [6, 6.07) is 5.30. The molecule has 0 spiro atoms. The van der Waals surface area contributed by atoms with Crippen molar-refractivity contribution < 1.29 is 9.50 Å². The van der Waals surface area contributed by atoms with Crippen molar-refractivity contribution in [1.82, 2.24) is 0 Å². The molecule has 0 amide bonds. The smallest absolute Gasteiger partial charge is 0.126 e. The van der Waals surface area contributed by atoms with Crippen molar-refractivity contribution in [3.05, 3.63) is 29.1 Å². The summed E-state index contributed by atoms with van der Waals surface area (Å²) in [7, 11) is 0. The highest BCUT2D eigenvalue weighted by atomic mass is 19.1. The molecule has 1 N–H and O–H groups in total. The first kappa shape index (κ1) is 16.5. The highest BCUT2D eigenvalue weighted by molar-refractivity contribution is 5.57. The Kier molecular flexibility index (Phi) is 5.97. The SMILES string of the molecule is Cc1cc(N(CCC#N)CC(C)C)c([C@@H](C)O)cc1F. The van der Waals surface area contributed by atoms with Crippen molar-refractivity contribution in [2.45, 2.75) is 40.2 Å². The number of rotatable bonds is 6. The molecule has 110 valence electrons. The molecule has 0 aliphatic rings. The first-order chi connectivity index (χ1) is 9.36. The van der Waals surface area contributed by atoms with Crippen molar-refractivity contribution >= 4 is 5.69 Å². The van der Waals surface area contributed by atoms with Crippen LogP contribution in [0.5, 0.6) is 0 Å². The number of anilines is 1. The second-order valence-corrected chi connectivity index (χ2v) is 5.58. The van der Waals surface area contributed by atoms with Crippen molar-refractivity contribution in [2.75, 3.05) is 18.0 Å². The summed E-state index contributed by atoms with van der Waals surface area (Å²) >= 11 is 0. The maximum absolute atomic E-state index is 13.7. The Morgan fingerprint density at radius 1 is 1.35 bits per heavy atom. The summed E-state index contributed by atoms with van der Waals surface area (Å²) in [5.41, 5.74) is 1.95. The van der Waals surface area contributed by atoms with Crippen LogP contribution in [-0.4, -0.2) is 18.2 Å². The molecule has 4 heteroatoms. The van der Waals surface area contributed by atoms with Crippen LogP contribution in [0.25, 0.3) is 0 Å². The molecule has 0 heterocycles. The summed E-state index contributed by atoms with van der Waals surface area (Å²) in [4.78, 5) is 2.06. The van der Waals surface area contributed by atoms with Gasteiger partial charge in [-0.25, -0.2) is 4.39 Å². The van der Waals surface area contributed by atoms with E-state index >= 15 is 0 Å². The van der Waals surface area contributed by atoms with Crippen LogP contribution in [0, 0.1) is 30.0 Å². The molecule has 0 bridgehead atoms. The highest BCUT2D eigenvalue weighted by Gasteiger charge is 2.17. The van der Waals surface area contributed by atoms with Gasteiger partial charge >= 0.3 is 0 Å². The Bertz CT molecular complexity index is 492. The van der Waals surface area contributed by atoms with Gasteiger partial charge in [0.25, 0.3) is 0 Å². The molecule has 0 saturated heterocycles. The van der Waals surface area contributed by atoms with Crippen molar-refractivity contribution in [2.24, 2.45) is 5.92 Å². The van der Waals surface area contributed by atoms with Gasteiger partial charge in [0, 0.05) is 24.3 Å². The Labute approximate surface area is 120 Å². The second kappa shape index (κ2) is 7.25. The van der Waals surface area contributed by atoms with Crippen molar-refractivity contribution in [1.29, 1.82) is 5.26 Å². The fourth-order valence-corrected chi connectivity index (χ4v) is 2.23. The van der Waals surface area contributed by atoms with E-state index in [2.05, 4.69) is 24.8 Å². The van der Waals surface area contributed by atoms with E-state index in [0.717, 1.165) is 12.2 Å². The third-order valence-corrected chi connectivity index (χ3v) is 3.18. The van der Waals surface area contributed by atoms with Gasteiger partial charge in [0.15, 0.2) is 0 Å². The number of nitriles is 1. The number of aliphatic hydroxyl groups is 1. The number of halogens is 1. The summed E-state index contributed by atoms with van der Waals surface area (Å²) in [5.74, 6) is 0.107. The van der Waals surface area contributed by atoms with E-state index in [0.29, 0.717) is 30.0 Å². The first-order valence-corrected chi connectivity index (χ1v) is 6.96. The van der Waals surface area contributed by atoms with Crippen LogP contribution in [0.1, 0.15) is 44.4 Å². The predicted octanol–water partition coefficient (Wildman–Crippen LogP) is 3.56. The van der Waals surface area contributed by atoms with Crippen LogP contribution in [0.3, 0.4) is 0 Å². The van der Waals surface area contributed by atoms with E-state index in [-0.39, 0.29) is 5.82 Å². The molecule has 0 radical (unpaired) electrons. The number of hydrogen-bond acceptors (Lipinski definition) is 3. The van der Waals surface area contributed by atoms with Crippen LogP contribution >= 0.6 is 0 Å². The molecule has 1 aromatic carbocycles. The maximum atomic E-state index is 13.7. The first-order valence-electron chi connectivity index (χ1n) is 6.96. The molecule has 1 atom stereocenters. The van der Waals surface area contributed by atoms with Gasteiger partial charge in [-0.15, -0.1) is 0 Å². The lowest BCUT2D eigenvalue weighted by atomic mass is 10.0. The largest absolute Gasteiger partial charge is 0.389 e. The average Bonchev–Trinajstić information content (AvgIpc) is 2.36. The Morgan fingerprint density at radius 3 is 2.50 bits per heavy atom. The summed E-state index contributed by atoms with van der Waals surface area (Å²) in [5, 5.41) is 18.7. The zero-order valence-electron chi connectivity index (χ0n) is 12.7. The Hall–Kier alpha value is -1.60. The standard InChI is InChI=1S/C16H23FN2O/c1-11(2)10-19(7-5-6-18)16-8-12(3)15(17)9-14(16)13(4)20/h8-9,11,13,20H,5,7,10H2,1-4H3/t13-/m1/s1. The maximum Gasteiger partial charge on any atom is 0.126 e. The van der Waals surface area contributed by atoms with E-state index in [4.69, 9.17) is 5.26 Å². The minimum absolute atomic E-state index is 0.311. The summed E-state index contributed by atoms with van der Waals surface area (Å²) in [6.07, 6.45) is -0.334. The summed E-state index contributed by atoms with van der Waals surface area (Å²) < 4.78 is 13.7. The van der Waals surface area contributed by atoms with Crippen LogP contribution in [0.2, 0.25) is 0 Å². The number of benzene rings is 1. The number of aliphatic hydroxyl groups excluding tert-OH is 1. The molecular weight excluding hydrogens is 255 g/mol. The normalized spacial score (nSPS) is 12.3. The van der Waals surface area contributed by atoms with Gasteiger partial charge < -0.3 is 10.0 Å². The minimum Gasteiger partial charge on any atom is -0.389 e. The fraction of sp³-hybridized carbons (Fsp3) is 0.562. The molecule has 0 aromatic heterocycles. The fourth-order valence-electron chi connectivity index (χ4n) is 2.23. The molecular formula is C16H23FN2O. The number of nitrogens with zero attached hydrogens (tertiary/aromatic N) is 2. The van der Waals surface area contributed by atoms with Gasteiger partial charge in [-0.1, -0.05) is 13.8 Å². The van der Waals surface area contributed by atoms with Crippen LogP contribution in [0.15, 0.2) is 12.1 Å². The molecule has 1 aromatic rings. The van der Waals surface area contributed by atoms with Gasteiger partial charge in [0.1, 0.15) is 5.82 Å². The van der Waals surface area contributed by atoms with Gasteiger partial charge in [0.2, 0.25) is 0 Å². The van der Waals surface area contributed by atoms with Crippen molar-refractivity contribution in [3.63, 3.8) is 0 Å². The lowest BCUT2D eigenvalue weighted by Crippen LogP contribution is -2.30. The molecule has 0 unspecified atom stereocenters. The van der Waals surface area contributed by atoms with Crippen LogP contribution in [-0.2, 0) is 0 Å². The molecule has 3 nitrogen and oxygen atoms in total. The molecule has 0 fully saturated rings. The number of hydrogen-bond donors (Lipinski definition) is 1. The zero-order chi connectivity index (χ0) is 15.3. The van der Waals surface area contributed by atoms with Gasteiger partial charge in [-0.3, -0.25) is 0 Å². The Balaban J connectivity index is 3.22. The molecule has 1 rings (SSSR count). The second-order valence-electron chi connectivity index (χ2n) is 5.58. The highest BCUT2D eigenvalue weighted by Crippen LogP contribution is 2.30. The third kappa shape index (κ3) is 4.21. The van der Waals surface area contributed by atoms with Gasteiger partial charge in [0.05, 0.1) is 18.6 Å². The number of aryl methyl sites for hydroxylation is 1. The van der Waals surface area contributed by atoms with Gasteiger partial charge in [-0.2, -0.15) is 5.26 Å². The minimum atomic E-state index is -0.739.